The second-order valence-corrected chi connectivity index (χ2v) is 8.06. The molecule has 4 atom stereocenters. The van der Waals surface area contributed by atoms with E-state index in [-0.39, 0.29) is 48.1 Å². The van der Waals surface area contributed by atoms with Crippen molar-refractivity contribution in [2.75, 3.05) is 24.7 Å². The Morgan fingerprint density at radius 2 is 1.96 bits per heavy atom. The SMILES string of the molecule is CCC(C)C(=O)N1CSCC1C(=O)N1C[C@@H](N)[C@H](c2ccccc2)C1.Cl. The summed E-state index contributed by atoms with van der Waals surface area (Å²) in [6.45, 7) is 5.14. The number of benzene rings is 1. The minimum Gasteiger partial charge on any atom is -0.339 e. The Morgan fingerprint density at radius 3 is 2.62 bits per heavy atom. The Kier molecular flexibility index (Phi) is 7.38. The van der Waals surface area contributed by atoms with Crippen LogP contribution in [-0.2, 0) is 9.59 Å². The van der Waals surface area contributed by atoms with Crippen LogP contribution >= 0.6 is 24.2 Å². The second kappa shape index (κ2) is 9.11. The van der Waals surface area contributed by atoms with Crippen LogP contribution in [0.1, 0.15) is 31.7 Å². The molecule has 144 valence electrons. The maximum Gasteiger partial charge on any atom is 0.246 e. The first-order valence-corrected chi connectivity index (χ1v) is 10.2. The van der Waals surface area contributed by atoms with Gasteiger partial charge >= 0.3 is 0 Å². The first kappa shape index (κ1) is 21.1. The van der Waals surface area contributed by atoms with E-state index in [1.807, 2.05) is 36.9 Å². The Morgan fingerprint density at radius 1 is 1.27 bits per heavy atom. The zero-order valence-electron chi connectivity index (χ0n) is 15.3. The van der Waals surface area contributed by atoms with E-state index in [0.29, 0.717) is 24.7 Å². The molecule has 2 aliphatic rings. The standard InChI is InChI=1S/C19H27N3O2S.ClH/c1-3-13(2)18(23)22-12-25-11-17(22)19(24)21-9-15(16(20)10-21)14-7-5-4-6-8-14;/h4-8,13,15-17H,3,9-12,20H2,1-2H3;1H/t13?,15-,16+,17?;/m0./s1. The zero-order valence-corrected chi connectivity index (χ0v) is 17.0. The van der Waals surface area contributed by atoms with Crippen molar-refractivity contribution in [2.45, 2.75) is 38.3 Å². The van der Waals surface area contributed by atoms with Crippen molar-refractivity contribution in [1.29, 1.82) is 0 Å². The summed E-state index contributed by atoms with van der Waals surface area (Å²) in [6.07, 6.45) is 0.797. The molecule has 0 radical (unpaired) electrons. The van der Waals surface area contributed by atoms with Gasteiger partial charge in [0.05, 0.1) is 5.88 Å². The van der Waals surface area contributed by atoms with E-state index < -0.39 is 0 Å². The number of nitrogens with zero attached hydrogens (tertiary/aromatic N) is 2. The number of thioether (sulfide) groups is 1. The zero-order chi connectivity index (χ0) is 18.0. The summed E-state index contributed by atoms with van der Waals surface area (Å²) in [5, 5.41) is 0. The quantitative estimate of drug-likeness (QED) is 0.846. The van der Waals surface area contributed by atoms with Crippen LogP contribution in [0.5, 0.6) is 0 Å². The average Bonchev–Trinajstić information content (AvgIpc) is 3.27. The molecule has 0 saturated carbocycles. The Labute approximate surface area is 166 Å². The lowest BCUT2D eigenvalue weighted by molar-refractivity contribution is -0.144. The van der Waals surface area contributed by atoms with Crippen LogP contribution in [0.3, 0.4) is 0 Å². The van der Waals surface area contributed by atoms with Gasteiger partial charge in [0.15, 0.2) is 0 Å². The molecule has 1 aromatic carbocycles. The minimum atomic E-state index is -0.340. The molecule has 1 aromatic rings. The lowest BCUT2D eigenvalue weighted by Gasteiger charge is -2.29. The van der Waals surface area contributed by atoms with E-state index in [2.05, 4.69) is 12.1 Å². The first-order chi connectivity index (χ1) is 12.0. The van der Waals surface area contributed by atoms with Crippen molar-refractivity contribution in [3.63, 3.8) is 0 Å². The fourth-order valence-electron chi connectivity index (χ4n) is 3.59. The van der Waals surface area contributed by atoms with E-state index in [0.717, 1.165) is 6.42 Å². The molecule has 2 aliphatic heterocycles. The number of hydrogen-bond acceptors (Lipinski definition) is 4. The van der Waals surface area contributed by atoms with Crippen LogP contribution in [-0.4, -0.2) is 58.4 Å². The lowest BCUT2D eigenvalue weighted by atomic mass is 9.95. The molecule has 2 N–H and O–H groups in total. The van der Waals surface area contributed by atoms with Gasteiger partial charge in [0.2, 0.25) is 11.8 Å². The van der Waals surface area contributed by atoms with Crippen LogP contribution < -0.4 is 5.73 Å². The van der Waals surface area contributed by atoms with Crippen LogP contribution in [0.15, 0.2) is 30.3 Å². The number of hydrogen-bond donors (Lipinski definition) is 1. The number of amides is 2. The van der Waals surface area contributed by atoms with E-state index >= 15 is 0 Å². The smallest absolute Gasteiger partial charge is 0.246 e. The summed E-state index contributed by atoms with van der Waals surface area (Å²) in [7, 11) is 0. The summed E-state index contributed by atoms with van der Waals surface area (Å²) in [6, 6.07) is 9.75. The Hall–Kier alpha value is -1.24. The normalized spacial score (nSPS) is 26.5. The Bertz CT molecular complexity index is 630. The summed E-state index contributed by atoms with van der Waals surface area (Å²) in [4.78, 5) is 29.3. The van der Waals surface area contributed by atoms with Crippen molar-refractivity contribution in [2.24, 2.45) is 11.7 Å². The fourth-order valence-corrected chi connectivity index (χ4v) is 4.75. The van der Waals surface area contributed by atoms with Crippen molar-refractivity contribution in [3.05, 3.63) is 35.9 Å². The molecule has 26 heavy (non-hydrogen) atoms. The number of halogens is 1. The molecule has 3 rings (SSSR count). The first-order valence-electron chi connectivity index (χ1n) is 9.00. The molecule has 5 nitrogen and oxygen atoms in total. The summed E-state index contributed by atoms with van der Waals surface area (Å²) in [5.41, 5.74) is 7.50. The minimum absolute atomic E-state index is 0. The third-order valence-corrected chi connectivity index (χ3v) is 6.40. The number of nitrogens with two attached hydrogens (primary N) is 1. The second-order valence-electron chi connectivity index (χ2n) is 7.06. The molecule has 0 aromatic heterocycles. The van der Waals surface area contributed by atoms with E-state index in [9.17, 15) is 9.59 Å². The highest BCUT2D eigenvalue weighted by Gasteiger charge is 2.42. The summed E-state index contributed by atoms with van der Waals surface area (Å²) >= 11 is 1.66. The molecule has 2 unspecified atom stereocenters. The van der Waals surface area contributed by atoms with E-state index in [1.165, 1.54) is 5.56 Å². The van der Waals surface area contributed by atoms with Gasteiger partial charge in [0, 0.05) is 36.7 Å². The molecule has 2 fully saturated rings. The van der Waals surface area contributed by atoms with Gasteiger partial charge in [0.1, 0.15) is 6.04 Å². The molecule has 2 amide bonds. The molecule has 0 spiro atoms. The highest BCUT2D eigenvalue weighted by molar-refractivity contribution is 7.99. The number of carbonyl (C=O) groups is 2. The summed E-state index contributed by atoms with van der Waals surface area (Å²) < 4.78 is 0. The fraction of sp³-hybridized carbons (Fsp3) is 0.579. The lowest BCUT2D eigenvalue weighted by Crippen LogP contribution is -2.50. The topological polar surface area (TPSA) is 66.6 Å². The van der Waals surface area contributed by atoms with Crippen LogP contribution in [0.2, 0.25) is 0 Å². The van der Waals surface area contributed by atoms with Gasteiger partial charge in [-0.3, -0.25) is 9.59 Å². The van der Waals surface area contributed by atoms with Crippen LogP contribution in [0.25, 0.3) is 0 Å². The predicted molar refractivity (Wildman–Crippen MR) is 108 cm³/mol. The van der Waals surface area contributed by atoms with Gasteiger partial charge in [0.25, 0.3) is 0 Å². The molecule has 0 aliphatic carbocycles. The number of carbonyl (C=O) groups excluding carboxylic acids is 2. The van der Waals surface area contributed by atoms with Crippen LogP contribution in [0, 0.1) is 5.92 Å². The largest absolute Gasteiger partial charge is 0.339 e. The molecule has 2 saturated heterocycles. The van der Waals surface area contributed by atoms with Gasteiger partial charge < -0.3 is 15.5 Å². The van der Waals surface area contributed by atoms with E-state index in [4.69, 9.17) is 5.73 Å². The maximum absolute atomic E-state index is 13.1. The van der Waals surface area contributed by atoms with Crippen LogP contribution in [0.4, 0.5) is 0 Å². The molecular formula is C19H28ClN3O2S. The van der Waals surface area contributed by atoms with Crippen molar-refractivity contribution >= 4 is 36.0 Å². The van der Waals surface area contributed by atoms with Gasteiger partial charge in [-0.05, 0) is 12.0 Å². The molecule has 7 heteroatoms. The maximum atomic E-state index is 13.1. The van der Waals surface area contributed by atoms with Gasteiger partial charge in [-0.15, -0.1) is 24.2 Å². The molecule has 0 bridgehead atoms. The highest BCUT2D eigenvalue weighted by Crippen LogP contribution is 2.30. The van der Waals surface area contributed by atoms with Crippen molar-refractivity contribution < 1.29 is 9.59 Å². The van der Waals surface area contributed by atoms with E-state index in [1.54, 1.807) is 16.7 Å². The molecular weight excluding hydrogens is 370 g/mol. The summed E-state index contributed by atoms with van der Waals surface area (Å²) in [5.74, 6) is 1.57. The highest BCUT2D eigenvalue weighted by atomic mass is 35.5. The number of likely N-dealkylation sites (tertiary alicyclic amines) is 1. The average molecular weight is 398 g/mol. The van der Waals surface area contributed by atoms with Gasteiger partial charge in [-0.2, -0.15) is 0 Å². The third-order valence-electron chi connectivity index (χ3n) is 5.39. The molecule has 2 heterocycles. The Balaban J connectivity index is 0.00000243. The van der Waals surface area contributed by atoms with Crippen molar-refractivity contribution in [3.8, 4) is 0 Å². The van der Waals surface area contributed by atoms with Crippen molar-refractivity contribution in [1.82, 2.24) is 9.80 Å². The third kappa shape index (κ3) is 4.18. The number of rotatable bonds is 4. The predicted octanol–water partition coefficient (Wildman–Crippen LogP) is 2.31. The monoisotopic (exact) mass is 397 g/mol. The van der Waals surface area contributed by atoms with Gasteiger partial charge in [-0.1, -0.05) is 44.2 Å². The van der Waals surface area contributed by atoms with Gasteiger partial charge in [-0.25, -0.2) is 0 Å².